The largest absolute Gasteiger partial charge is 0.343 e. The molecule has 1 aliphatic carbocycles. The Bertz CT molecular complexity index is 394. The molecule has 1 saturated carbocycles. The lowest BCUT2D eigenvalue weighted by Crippen LogP contribution is -2.44. The minimum Gasteiger partial charge on any atom is -0.343 e. The van der Waals surface area contributed by atoms with Gasteiger partial charge in [-0.1, -0.05) is 24.9 Å². The molecule has 0 spiro atoms. The smallest absolute Gasteiger partial charge is 0.223 e. The number of nitrogens with one attached hydrogen (secondary N) is 1. The molecule has 0 unspecified atom stereocenters. The van der Waals surface area contributed by atoms with Crippen molar-refractivity contribution in [2.45, 2.75) is 57.9 Å². The first-order chi connectivity index (χ1) is 8.16. The van der Waals surface area contributed by atoms with E-state index in [9.17, 15) is 4.79 Å². The highest BCUT2D eigenvalue weighted by atomic mass is 16.5. The number of nitrogens with zero attached hydrogens (tertiary/aromatic N) is 2. The Hall–Kier alpha value is -1.39. The third-order valence-corrected chi connectivity index (χ3v) is 3.27. The zero-order valence-electron chi connectivity index (χ0n) is 10.5. The van der Waals surface area contributed by atoms with E-state index in [0.29, 0.717) is 18.1 Å². The third-order valence-electron chi connectivity index (χ3n) is 3.27. The van der Waals surface area contributed by atoms with Crippen LogP contribution in [0.25, 0.3) is 0 Å². The molecule has 0 radical (unpaired) electrons. The predicted octanol–water partition coefficient (Wildman–Crippen LogP) is 2.06. The standard InChI is InChI=1S/C12H19N3O2/c1-3-6-10(16)14-12(7-4-5-8-12)11-13-9(2)17-15-11/h3-8H2,1-2H3,(H,14,16). The van der Waals surface area contributed by atoms with Crippen molar-refractivity contribution in [3.05, 3.63) is 11.7 Å². The van der Waals surface area contributed by atoms with Gasteiger partial charge in [-0.2, -0.15) is 4.98 Å². The summed E-state index contributed by atoms with van der Waals surface area (Å²) in [6, 6.07) is 0. The molecule has 0 atom stereocenters. The molecule has 1 N–H and O–H groups in total. The van der Waals surface area contributed by atoms with E-state index in [1.165, 1.54) is 0 Å². The van der Waals surface area contributed by atoms with E-state index < -0.39 is 0 Å². The Morgan fingerprint density at radius 1 is 1.47 bits per heavy atom. The van der Waals surface area contributed by atoms with Crippen molar-refractivity contribution in [3.63, 3.8) is 0 Å². The van der Waals surface area contributed by atoms with Crippen molar-refractivity contribution in [1.29, 1.82) is 0 Å². The number of aryl methyl sites for hydroxylation is 1. The van der Waals surface area contributed by atoms with E-state index in [0.717, 1.165) is 32.1 Å². The van der Waals surface area contributed by atoms with Gasteiger partial charge < -0.3 is 9.84 Å². The molecule has 1 aromatic rings. The molecule has 5 nitrogen and oxygen atoms in total. The van der Waals surface area contributed by atoms with Crippen LogP contribution in [0.4, 0.5) is 0 Å². The number of aromatic nitrogens is 2. The Kier molecular flexibility index (Phi) is 3.45. The normalized spacial score (nSPS) is 18.2. The number of hydrogen-bond acceptors (Lipinski definition) is 4. The van der Waals surface area contributed by atoms with E-state index in [1.54, 1.807) is 6.92 Å². The van der Waals surface area contributed by atoms with Crippen LogP contribution in [0.5, 0.6) is 0 Å². The Balaban J connectivity index is 2.18. The van der Waals surface area contributed by atoms with Crippen molar-refractivity contribution in [2.75, 3.05) is 0 Å². The Morgan fingerprint density at radius 2 is 2.18 bits per heavy atom. The molecule has 5 heteroatoms. The van der Waals surface area contributed by atoms with Crippen LogP contribution in [0.3, 0.4) is 0 Å². The van der Waals surface area contributed by atoms with Crippen molar-refractivity contribution in [2.24, 2.45) is 0 Å². The monoisotopic (exact) mass is 237 g/mol. The van der Waals surface area contributed by atoms with Gasteiger partial charge in [-0.15, -0.1) is 0 Å². The summed E-state index contributed by atoms with van der Waals surface area (Å²) in [5.41, 5.74) is -0.385. The molecule has 94 valence electrons. The van der Waals surface area contributed by atoms with Crippen molar-refractivity contribution in [1.82, 2.24) is 15.5 Å². The maximum Gasteiger partial charge on any atom is 0.223 e. The molecule has 0 aliphatic heterocycles. The van der Waals surface area contributed by atoms with E-state index in [-0.39, 0.29) is 11.4 Å². The van der Waals surface area contributed by atoms with Gasteiger partial charge in [0.05, 0.1) is 0 Å². The van der Waals surface area contributed by atoms with Gasteiger partial charge in [0.2, 0.25) is 11.8 Å². The number of carbonyl (C=O) groups excluding carboxylic acids is 1. The third kappa shape index (κ3) is 2.48. The van der Waals surface area contributed by atoms with Gasteiger partial charge in [0, 0.05) is 13.3 Å². The highest BCUT2D eigenvalue weighted by molar-refractivity contribution is 5.76. The maximum absolute atomic E-state index is 11.8. The highest BCUT2D eigenvalue weighted by Gasteiger charge is 2.40. The molecule has 0 saturated heterocycles. The summed E-state index contributed by atoms with van der Waals surface area (Å²) in [6.45, 7) is 3.77. The van der Waals surface area contributed by atoms with E-state index in [1.807, 2.05) is 6.92 Å². The summed E-state index contributed by atoms with van der Waals surface area (Å²) >= 11 is 0. The fourth-order valence-corrected chi connectivity index (χ4v) is 2.43. The quantitative estimate of drug-likeness (QED) is 0.870. The molecular formula is C12H19N3O2. The molecule has 1 amide bonds. The molecule has 1 fully saturated rings. The SMILES string of the molecule is CCCC(=O)NC1(c2noc(C)n2)CCCC1. The van der Waals surface area contributed by atoms with E-state index in [2.05, 4.69) is 15.5 Å². The van der Waals surface area contributed by atoms with Crippen molar-refractivity contribution >= 4 is 5.91 Å². The van der Waals surface area contributed by atoms with Gasteiger partial charge in [-0.05, 0) is 19.3 Å². The molecule has 0 bridgehead atoms. The lowest BCUT2D eigenvalue weighted by molar-refractivity contribution is -0.123. The van der Waals surface area contributed by atoms with Crippen molar-refractivity contribution < 1.29 is 9.32 Å². The molecule has 1 aliphatic rings. The predicted molar refractivity (Wildman–Crippen MR) is 62.2 cm³/mol. The second-order valence-electron chi connectivity index (χ2n) is 4.72. The molecular weight excluding hydrogens is 218 g/mol. The summed E-state index contributed by atoms with van der Waals surface area (Å²) in [5, 5.41) is 7.08. The summed E-state index contributed by atoms with van der Waals surface area (Å²) in [4.78, 5) is 16.1. The van der Waals surface area contributed by atoms with Gasteiger partial charge in [0.1, 0.15) is 5.54 Å². The fourth-order valence-electron chi connectivity index (χ4n) is 2.43. The van der Waals surface area contributed by atoms with Gasteiger partial charge in [0.25, 0.3) is 0 Å². The average Bonchev–Trinajstić information content (AvgIpc) is 2.88. The van der Waals surface area contributed by atoms with Gasteiger partial charge in [0.15, 0.2) is 5.82 Å². The topological polar surface area (TPSA) is 68.0 Å². The van der Waals surface area contributed by atoms with Crippen molar-refractivity contribution in [3.8, 4) is 0 Å². The lowest BCUT2D eigenvalue weighted by Gasteiger charge is -2.26. The van der Waals surface area contributed by atoms with Crippen LogP contribution in [0.1, 0.15) is 57.2 Å². The van der Waals surface area contributed by atoms with Gasteiger partial charge >= 0.3 is 0 Å². The number of amides is 1. The molecule has 1 aromatic heterocycles. The van der Waals surface area contributed by atoms with Gasteiger partial charge in [-0.3, -0.25) is 4.79 Å². The van der Waals surface area contributed by atoms with Crippen LogP contribution >= 0.6 is 0 Å². The first kappa shape index (κ1) is 12.1. The minimum atomic E-state index is -0.385. The highest BCUT2D eigenvalue weighted by Crippen LogP contribution is 2.37. The molecule has 0 aromatic carbocycles. The maximum atomic E-state index is 11.8. The van der Waals surface area contributed by atoms with E-state index >= 15 is 0 Å². The molecule has 2 rings (SSSR count). The summed E-state index contributed by atoms with van der Waals surface area (Å²) < 4.78 is 5.03. The summed E-state index contributed by atoms with van der Waals surface area (Å²) in [7, 11) is 0. The van der Waals surface area contributed by atoms with Crippen LogP contribution < -0.4 is 5.32 Å². The van der Waals surface area contributed by atoms with Crippen LogP contribution in [-0.4, -0.2) is 16.0 Å². The Morgan fingerprint density at radius 3 is 2.71 bits per heavy atom. The lowest BCUT2D eigenvalue weighted by atomic mass is 9.96. The van der Waals surface area contributed by atoms with Crippen LogP contribution in [0, 0.1) is 6.92 Å². The zero-order chi connectivity index (χ0) is 12.3. The first-order valence-corrected chi connectivity index (χ1v) is 6.28. The summed E-state index contributed by atoms with van der Waals surface area (Å²) in [6.07, 6.45) is 5.41. The summed E-state index contributed by atoms with van der Waals surface area (Å²) in [5.74, 6) is 1.27. The van der Waals surface area contributed by atoms with Crippen LogP contribution in [0.15, 0.2) is 4.52 Å². The van der Waals surface area contributed by atoms with Crippen LogP contribution in [0.2, 0.25) is 0 Å². The van der Waals surface area contributed by atoms with Gasteiger partial charge in [-0.25, -0.2) is 0 Å². The average molecular weight is 237 g/mol. The first-order valence-electron chi connectivity index (χ1n) is 6.28. The van der Waals surface area contributed by atoms with Crippen LogP contribution in [-0.2, 0) is 10.3 Å². The fraction of sp³-hybridized carbons (Fsp3) is 0.750. The zero-order valence-corrected chi connectivity index (χ0v) is 10.5. The number of carbonyl (C=O) groups is 1. The number of rotatable bonds is 4. The molecule has 17 heavy (non-hydrogen) atoms. The van der Waals surface area contributed by atoms with E-state index in [4.69, 9.17) is 4.52 Å². The molecule has 1 heterocycles. The second-order valence-corrected chi connectivity index (χ2v) is 4.72. The number of hydrogen-bond donors (Lipinski definition) is 1. The minimum absolute atomic E-state index is 0.0804. The Labute approximate surface area is 101 Å². The second kappa shape index (κ2) is 4.85.